The summed E-state index contributed by atoms with van der Waals surface area (Å²) in [6.07, 6.45) is 2.72. The molecule has 0 spiro atoms. The van der Waals surface area contributed by atoms with Crippen molar-refractivity contribution in [3.05, 3.63) is 0 Å². The van der Waals surface area contributed by atoms with Gasteiger partial charge >= 0.3 is 0 Å². The highest BCUT2D eigenvalue weighted by atomic mass is 28.3. The molecule has 0 aromatic carbocycles. The van der Waals surface area contributed by atoms with Gasteiger partial charge in [-0.25, -0.2) is 0 Å². The average molecular weight is 215 g/mol. The van der Waals surface area contributed by atoms with Crippen LogP contribution in [0.3, 0.4) is 0 Å². The van der Waals surface area contributed by atoms with Crippen LogP contribution >= 0.6 is 0 Å². The zero-order valence-corrected chi connectivity index (χ0v) is 12.1. The number of nitrogens with zero attached hydrogens (tertiary/aromatic N) is 1. The fourth-order valence-electron chi connectivity index (χ4n) is 1.98. The van der Waals surface area contributed by atoms with Crippen LogP contribution in [0.15, 0.2) is 0 Å². The molecule has 1 nitrogen and oxygen atoms in total. The van der Waals surface area contributed by atoms with Crippen LogP contribution < -0.4 is 0 Å². The van der Waals surface area contributed by atoms with E-state index in [1.807, 2.05) is 0 Å². The van der Waals surface area contributed by atoms with E-state index >= 15 is 0 Å². The fourth-order valence-corrected chi connectivity index (χ4v) is 3.18. The summed E-state index contributed by atoms with van der Waals surface area (Å²) in [5.74, 6) is 0. The molecule has 0 N–H and O–H groups in total. The van der Waals surface area contributed by atoms with Crippen LogP contribution in [0.2, 0.25) is 25.7 Å². The van der Waals surface area contributed by atoms with Crippen molar-refractivity contribution in [2.45, 2.75) is 65.3 Å². The third-order valence-electron chi connectivity index (χ3n) is 3.03. The highest BCUT2D eigenvalue weighted by molar-refractivity contribution is 6.76. The van der Waals surface area contributed by atoms with Crippen LogP contribution in [0, 0.1) is 0 Å². The van der Waals surface area contributed by atoms with Crippen molar-refractivity contribution < 1.29 is 0 Å². The minimum atomic E-state index is -0.834. The lowest BCUT2D eigenvalue weighted by Crippen LogP contribution is -2.36. The lowest BCUT2D eigenvalue weighted by molar-refractivity contribution is 0.205. The van der Waals surface area contributed by atoms with E-state index in [2.05, 4.69) is 45.3 Å². The van der Waals surface area contributed by atoms with Crippen LogP contribution in [-0.4, -0.2) is 32.1 Å². The molecule has 0 saturated heterocycles. The summed E-state index contributed by atoms with van der Waals surface area (Å²) in [6, 6.07) is 2.30. The first-order chi connectivity index (χ1) is 6.44. The highest BCUT2D eigenvalue weighted by Crippen LogP contribution is 2.18. The summed E-state index contributed by atoms with van der Waals surface area (Å²) in [5, 5.41) is 0. The summed E-state index contributed by atoms with van der Waals surface area (Å²) < 4.78 is 0. The van der Waals surface area contributed by atoms with Gasteiger partial charge in [0.1, 0.15) is 0 Å². The van der Waals surface area contributed by atoms with Gasteiger partial charge in [-0.3, -0.25) is 0 Å². The van der Waals surface area contributed by atoms with E-state index < -0.39 is 8.07 Å². The van der Waals surface area contributed by atoms with Gasteiger partial charge in [-0.15, -0.1) is 0 Å². The molecule has 1 atom stereocenters. The van der Waals surface area contributed by atoms with Crippen molar-refractivity contribution in [1.82, 2.24) is 4.90 Å². The van der Waals surface area contributed by atoms with E-state index in [1.54, 1.807) is 0 Å². The van der Waals surface area contributed by atoms with Crippen molar-refractivity contribution in [2.75, 3.05) is 13.1 Å². The largest absolute Gasteiger partial charge is 0.301 e. The van der Waals surface area contributed by atoms with Crippen molar-refractivity contribution in [3.8, 4) is 0 Å². The monoisotopic (exact) mass is 215 g/mol. The van der Waals surface area contributed by atoms with Gasteiger partial charge in [0.05, 0.1) is 0 Å². The molecule has 14 heavy (non-hydrogen) atoms. The van der Waals surface area contributed by atoms with Crippen molar-refractivity contribution in [3.63, 3.8) is 0 Å². The Morgan fingerprint density at radius 3 is 1.79 bits per heavy atom. The van der Waals surface area contributed by atoms with E-state index in [0.29, 0.717) is 0 Å². The smallest absolute Gasteiger partial charge is 0.0443 e. The molecule has 0 radical (unpaired) electrons. The van der Waals surface area contributed by atoms with Crippen LogP contribution in [0.4, 0.5) is 0 Å². The zero-order valence-electron chi connectivity index (χ0n) is 11.1. The van der Waals surface area contributed by atoms with E-state index in [0.717, 1.165) is 6.04 Å². The standard InChI is InChI=1S/C12H29NSi/c1-7-12(13(8-2)9-3)10-11-14(4,5)6/h12H,7-11H2,1-6H3. The van der Waals surface area contributed by atoms with E-state index in [-0.39, 0.29) is 0 Å². The lowest BCUT2D eigenvalue weighted by atomic mass is 10.1. The average Bonchev–Trinajstić information content (AvgIpc) is 2.10. The maximum Gasteiger partial charge on any atom is 0.0443 e. The molecule has 0 aromatic heterocycles. The molecule has 0 rings (SSSR count). The minimum Gasteiger partial charge on any atom is -0.301 e. The van der Waals surface area contributed by atoms with Crippen molar-refractivity contribution >= 4 is 8.07 Å². The van der Waals surface area contributed by atoms with Crippen LogP contribution in [0.25, 0.3) is 0 Å². The minimum absolute atomic E-state index is 0.830. The van der Waals surface area contributed by atoms with Gasteiger partial charge in [-0.05, 0) is 25.9 Å². The molecule has 2 heteroatoms. The maximum atomic E-state index is 2.61. The normalized spacial score (nSPS) is 14.8. The lowest BCUT2D eigenvalue weighted by Gasteiger charge is -2.30. The molecular weight excluding hydrogens is 186 g/mol. The Morgan fingerprint density at radius 2 is 1.50 bits per heavy atom. The maximum absolute atomic E-state index is 2.61. The Morgan fingerprint density at radius 1 is 1.00 bits per heavy atom. The molecule has 0 aliphatic rings. The molecule has 0 fully saturated rings. The first-order valence-corrected chi connectivity index (χ1v) is 9.89. The first-order valence-electron chi connectivity index (χ1n) is 6.18. The third-order valence-corrected chi connectivity index (χ3v) is 4.82. The Kier molecular flexibility index (Phi) is 6.71. The van der Waals surface area contributed by atoms with Gasteiger partial charge in [0, 0.05) is 14.1 Å². The summed E-state index contributed by atoms with van der Waals surface area (Å²) in [5.41, 5.74) is 0. The Bertz CT molecular complexity index is 136. The Balaban J connectivity index is 4.01. The molecule has 0 saturated carbocycles. The molecule has 0 heterocycles. The second-order valence-electron chi connectivity index (χ2n) is 5.38. The SMILES string of the molecule is CCC(CC[Si](C)(C)C)N(CC)CC. The predicted octanol–water partition coefficient (Wildman–Crippen LogP) is 3.84. The molecule has 1 unspecified atom stereocenters. The summed E-state index contributed by atoms with van der Waals surface area (Å²) >= 11 is 0. The summed E-state index contributed by atoms with van der Waals surface area (Å²) in [6.45, 7) is 16.7. The van der Waals surface area contributed by atoms with Crippen LogP contribution in [0.5, 0.6) is 0 Å². The quantitative estimate of drug-likeness (QED) is 0.583. The van der Waals surface area contributed by atoms with Gasteiger partial charge in [0.2, 0.25) is 0 Å². The van der Waals surface area contributed by atoms with Crippen LogP contribution in [0.1, 0.15) is 33.6 Å². The molecule has 0 aromatic rings. The number of rotatable bonds is 7. The van der Waals surface area contributed by atoms with Gasteiger partial charge in [0.25, 0.3) is 0 Å². The molecule has 0 aliphatic heterocycles. The Labute approximate surface area is 91.9 Å². The molecule has 0 bridgehead atoms. The first kappa shape index (κ1) is 14.2. The van der Waals surface area contributed by atoms with Gasteiger partial charge in [0.15, 0.2) is 0 Å². The zero-order chi connectivity index (χ0) is 11.2. The molecule has 86 valence electrons. The fraction of sp³-hybridized carbons (Fsp3) is 1.00. The third kappa shape index (κ3) is 5.81. The van der Waals surface area contributed by atoms with E-state index in [1.165, 1.54) is 32.0 Å². The molecule has 0 aliphatic carbocycles. The number of hydrogen-bond donors (Lipinski definition) is 0. The summed E-state index contributed by atoms with van der Waals surface area (Å²) in [4.78, 5) is 2.61. The second-order valence-corrected chi connectivity index (χ2v) is 11.0. The van der Waals surface area contributed by atoms with Gasteiger partial charge in [-0.2, -0.15) is 0 Å². The molecular formula is C12H29NSi. The Hall–Kier alpha value is 0.177. The van der Waals surface area contributed by atoms with Crippen molar-refractivity contribution in [1.29, 1.82) is 0 Å². The second kappa shape index (κ2) is 6.62. The van der Waals surface area contributed by atoms with E-state index in [4.69, 9.17) is 0 Å². The predicted molar refractivity (Wildman–Crippen MR) is 69.8 cm³/mol. The molecule has 0 amide bonds. The van der Waals surface area contributed by atoms with E-state index in [9.17, 15) is 0 Å². The highest BCUT2D eigenvalue weighted by Gasteiger charge is 2.18. The van der Waals surface area contributed by atoms with Gasteiger partial charge in [-0.1, -0.05) is 46.5 Å². The topological polar surface area (TPSA) is 3.24 Å². The van der Waals surface area contributed by atoms with Crippen molar-refractivity contribution in [2.24, 2.45) is 0 Å². The van der Waals surface area contributed by atoms with Gasteiger partial charge < -0.3 is 4.90 Å². The number of hydrogen-bond acceptors (Lipinski definition) is 1. The van der Waals surface area contributed by atoms with Crippen LogP contribution in [-0.2, 0) is 0 Å². The summed E-state index contributed by atoms with van der Waals surface area (Å²) in [7, 11) is -0.834.